The first-order valence-corrected chi connectivity index (χ1v) is 9.20. The molecule has 0 saturated heterocycles. The van der Waals surface area contributed by atoms with E-state index in [0.29, 0.717) is 0 Å². The van der Waals surface area contributed by atoms with Crippen LogP contribution in [0.3, 0.4) is 0 Å². The summed E-state index contributed by atoms with van der Waals surface area (Å²) >= 11 is 12.2. The van der Waals surface area contributed by atoms with Crippen molar-refractivity contribution in [1.82, 2.24) is 9.88 Å². The van der Waals surface area contributed by atoms with Gasteiger partial charge in [0.05, 0.1) is 0 Å². The van der Waals surface area contributed by atoms with E-state index in [9.17, 15) is 0 Å². The van der Waals surface area contributed by atoms with E-state index in [2.05, 4.69) is 34.1 Å². The summed E-state index contributed by atoms with van der Waals surface area (Å²) in [7, 11) is 0. The monoisotopic (exact) mass is 358 g/mol. The zero-order valence-electron chi connectivity index (χ0n) is 13.5. The summed E-state index contributed by atoms with van der Waals surface area (Å²) in [6, 6.07) is 14.3. The number of rotatable bonds is 4. The Morgan fingerprint density at radius 3 is 2.79 bits per heavy atom. The van der Waals surface area contributed by atoms with Crippen molar-refractivity contribution in [3.8, 4) is 0 Å². The highest BCUT2D eigenvalue weighted by molar-refractivity contribution is 6.31. The molecule has 1 aliphatic rings. The van der Waals surface area contributed by atoms with Gasteiger partial charge in [-0.1, -0.05) is 35.3 Å². The molecule has 1 N–H and O–H groups in total. The van der Waals surface area contributed by atoms with Crippen LogP contribution in [0.5, 0.6) is 0 Å². The Morgan fingerprint density at radius 2 is 1.92 bits per heavy atom. The van der Waals surface area contributed by atoms with Crippen molar-refractivity contribution in [2.75, 3.05) is 13.1 Å². The maximum Gasteiger partial charge on any atom is 0.0460 e. The summed E-state index contributed by atoms with van der Waals surface area (Å²) in [5.41, 5.74) is 5.31. The van der Waals surface area contributed by atoms with E-state index in [0.717, 1.165) is 48.9 Å². The van der Waals surface area contributed by atoms with Crippen LogP contribution in [0.2, 0.25) is 10.0 Å². The lowest BCUT2D eigenvalue weighted by molar-refractivity contribution is 0.249. The number of fused-ring (bicyclic) bond motifs is 3. The van der Waals surface area contributed by atoms with Crippen LogP contribution in [0, 0.1) is 0 Å². The van der Waals surface area contributed by atoms with Crippen LogP contribution < -0.4 is 0 Å². The number of hydrogen-bond donors (Lipinski definition) is 1. The van der Waals surface area contributed by atoms with Crippen LogP contribution in [-0.2, 0) is 19.4 Å². The van der Waals surface area contributed by atoms with Gasteiger partial charge < -0.3 is 4.98 Å². The van der Waals surface area contributed by atoms with E-state index < -0.39 is 0 Å². The smallest absolute Gasteiger partial charge is 0.0460 e. The lowest BCUT2D eigenvalue weighted by Gasteiger charge is -2.26. The molecule has 3 aromatic rings. The summed E-state index contributed by atoms with van der Waals surface area (Å²) in [5.74, 6) is 0. The maximum absolute atomic E-state index is 6.15. The number of aromatic amines is 1. The molecule has 0 fully saturated rings. The maximum atomic E-state index is 6.15. The second-order valence-electron chi connectivity index (χ2n) is 6.53. The summed E-state index contributed by atoms with van der Waals surface area (Å²) in [4.78, 5) is 6.10. The highest BCUT2D eigenvalue weighted by Gasteiger charge is 2.20. The first kappa shape index (κ1) is 16.0. The number of halogens is 2. The van der Waals surface area contributed by atoms with Crippen molar-refractivity contribution in [2.45, 2.75) is 25.8 Å². The molecule has 1 aromatic heterocycles. The fourth-order valence-electron chi connectivity index (χ4n) is 3.66. The Bertz CT molecular complexity index is 869. The van der Waals surface area contributed by atoms with Gasteiger partial charge in [-0.05, 0) is 67.3 Å². The molecule has 0 spiro atoms. The lowest BCUT2D eigenvalue weighted by Crippen LogP contribution is -2.31. The van der Waals surface area contributed by atoms with Gasteiger partial charge >= 0.3 is 0 Å². The standard InChI is InChI=1S/C20H20Cl2N2/c21-15-5-1-3-14(11-15)4-2-9-24-10-8-17-18-12-16(22)6-7-19(18)23-20(17)13-24/h1,3,5-7,11-12,23H,2,4,8-10,13H2. The normalized spacial score (nSPS) is 14.9. The molecule has 0 amide bonds. The van der Waals surface area contributed by atoms with Crippen molar-refractivity contribution in [2.24, 2.45) is 0 Å². The van der Waals surface area contributed by atoms with Gasteiger partial charge in [-0.2, -0.15) is 0 Å². The first-order chi connectivity index (χ1) is 11.7. The van der Waals surface area contributed by atoms with Crippen LogP contribution in [0.4, 0.5) is 0 Å². The number of nitrogens with zero attached hydrogens (tertiary/aromatic N) is 1. The summed E-state index contributed by atoms with van der Waals surface area (Å²) in [6.45, 7) is 3.22. The molecule has 0 atom stereocenters. The molecule has 0 bridgehead atoms. The molecule has 0 saturated carbocycles. The quantitative estimate of drug-likeness (QED) is 0.655. The molecule has 2 nitrogen and oxygen atoms in total. The largest absolute Gasteiger partial charge is 0.357 e. The molecule has 24 heavy (non-hydrogen) atoms. The number of aromatic nitrogens is 1. The molecule has 4 rings (SSSR count). The molecule has 4 heteroatoms. The highest BCUT2D eigenvalue weighted by Crippen LogP contribution is 2.29. The Labute approximate surface area is 152 Å². The lowest BCUT2D eigenvalue weighted by atomic mass is 10.0. The Kier molecular flexibility index (Phi) is 4.53. The third-order valence-corrected chi connectivity index (χ3v) is 5.32. The minimum Gasteiger partial charge on any atom is -0.357 e. The predicted octanol–water partition coefficient (Wildman–Crippen LogP) is 5.47. The van der Waals surface area contributed by atoms with Crippen molar-refractivity contribution < 1.29 is 0 Å². The second kappa shape index (κ2) is 6.79. The fourth-order valence-corrected chi connectivity index (χ4v) is 4.04. The van der Waals surface area contributed by atoms with Crippen molar-refractivity contribution in [3.05, 3.63) is 69.3 Å². The molecular formula is C20H20Cl2N2. The SMILES string of the molecule is Clc1cccc(CCCN2CCc3c([nH]c4ccc(Cl)cc34)C2)c1. The average molecular weight is 359 g/mol. The van der Waals surface area contributed by atoms with E-state index in [1.165, 1.54) is 27.7 Å². The van der Waals surface area contributed by atoms with Crippen molar-refractivity contribution in [1.29, 1.82) is 0 Å². The molecule has 0 aliphatic carbocycles. The fraction of sp³-hybridized carbons (Fsp3) is 0.300. The van der Waals surface area contributed by atoms with Crippen LogP contribution in [0.25, 0.3) is 10.9 Å². The van der Waals surface area contributed by atoms with Crippen molar-refractivity contribution >= 4 is 34.1 Å². The van der Waals surface area contributed by atoms with E-state index in [1.54, 1.807) is 0 Å². The van der Waals surface area contributed by atoms with E-state index in [4.69, 9.17) is 23.2 Å². The number of hydrogen-bond acceptors (Lipinski definition) is 1. The third kappa shape index (κ3) is 3.32. The molecule has 1 aliphatic heterocycles. The van der Waals surface area contributed by atoms with Crippen LogP contribution >= 0.6 is 23.2 Å². The van der Waals surface area contributed by atoms with Gasteiger partial charge in [0.15, 0.2) is 0 Å². The molecule has 0 unspecified atom stereocenters. The van der Waals surface area contributed by atoms with Gasteiger partial charge in [-0.15, -0.1) is 0 Å². The van der Waals surface area contributed by atoms with Gasteiger partial charge in [-0.25, -0.2) is 0 Å². The number of aryl methyl sites for hydroxylation is 1. The van der Waals surface area contributed by atoms with Crippen LogP contribution in [-0.4, -0.2) is 23.0 Å². The second-order valence-corrected chi connectivity index (χ2v) is 7.40. The first-order valence-electron chi connectivity index (χ1n) is 8.45. The number of nitrogens with one attached hydrogen (secondary N) is 1. The van der Waals surface area contributed by atoms with Crippen LogP contribution in [0.15, 0.2) is 42.5 Å². The van der Waals surface area contributed by atoms with E-state index in [1.807, 2.05) is 18.2 Å². The zero-order chi connectivity index (χ0) is 16.5. The van der Waals surface area contributed by atoms with Gasteiger partial charge in [0, 0.05) is 39.7 Å². The number of H-pyrrole nitrogens is 1. The summed E-state index contributed by atoms with van der Waals surface area (Å²) in [5, 5.41) is 2.93. The summed E-state index contributed by atoms with van der Waals surface area (Å²) < 4.78 is 0. The molecular weight excluding hydrogens is 339 g/mol. The zero-order valence-corrected chi connectivity index (χ0v) is 15.0. The van der Waals surface area contributed by atoms with Gasteiger partial charge in [0.2, 0.25) is 0 Å². The third-order valence-electron chi connectivity index (χ3n) is 4.85. The topological polar surface area (TPSA) is 19.0 Å². The molecule has 2 aromatic carbocycles. The van der Waals surface area contributed by atoms with E-state index >= 15 is 0 Å². The van der Waals surface area contributed by atoms with Gasteiger partial charge in [0.1, 0.15) is 0 Å². The Morgan fingerprint density at radius 1 is 1.04 bits per heavy atom. The van der Waals surface area contributed by atoms with Crippen molar-refractivity contribution in [3.63, 3.8) is 0 Å². The van der Waals surface area contributed by atoms with E-state index in [-0.39, 0.29) is 0 Å². The summed E-state index contributed by atoms with van der Waals surface area (Å²) in [6.07, 6.45) is 3.32. The minimum absolute atomic E-state index is 0.813. The molecule has 0 radical (unpaired) electrons. The van der Waals surface area contributed by atoms with Gasteiger partial charge in [-0.3, -0.25) is 4.90 Å². The average Bonchev–Trinajstić information content (AvgIpc) is 2.92. The molecule has 2 heterocycles. The highest BCUT2D eigenvalue weighted by atomic mass is 35.5. The number of benzene rings is 2. The van der Waals surface area contributed by atoms with Gasteiger partial charge in [0.25, 0.3) is 0 Å². The Hall–Kier alpha value is -1.48. The Balaban J connectivity index is 1.40. The predicted molar refractivity (Wildman–Crippen MR) is 102 cm³/mol. The minimum atomic E-state index is 0.813. The van der Waals surface area contributed by atoms with Crippen LogP contribution in [0.1, 0.15) is 23.2 Å². The molecule has 124 valence electrons.